The molecule has 1 aliphatic heterocycles. The zero-order valence-electron chi connectivity index (χ0n) is 16.4. The van der Waals surface area contributed by atoms with Crippen LogP contribution in [0.1, 0.15) is 38.7 Å². The van der Waals surface area contributed by atoms with Crippen molar-refractivity contribution in [1.29, 1.82) is 0 Å². The van der Waals surface area contributed by atoms with Crippen LogP contribution in [0.15, 0.2) is 24.3 Å². The summed E-state index contributed by atoms with van der Waals surface area (Å²) in [5.41, 5.74) is 0.360. The van der Waals surface area contributed by atoms with Gasteiger partial charge >= 0.3 is 0 Å². The SMILES string of the molecule is CN(C)CCOC1CCN(C(=O)[C@@]2(c3ccc(F)cc3)CC2(C)C)CC1. The van der Waals surface area contributed by atoms with E-state index in [1.807, 2.05) is 19.0 Å². The van der Waals surface area contributed by atoms with E-state index in [2.05, 4.69) is 18.7 Å². The molecular formula is C21H31FN2O2. The third-order valence-corrected chi connectivity index (χ3v) is 6.06. The molecule has 0 aromatic heterocycles. The number of carbonyl (C=O) groups excluding carboxylic acids is 1. The molecule has 1 aromatic carbocycles. The fourth-order valence-electron chi connectivity index (χ4n) is 4.23. The highest BCUT2D eigenvalue weighted by Gasteiger charge is 2.68. The standard InChI is InChI=1S/C21H31FN2O2/c1-20(2)15-21(20,16-5-7-17(22)8-6-16)19(25)24-11-9-18(10-12-24)26-14-13-23(3)4/h5-8,18H,9-15H2,1-4H3/t21-/m0/s1. The number of amides is 1. The summed E-state index contributed by atoms with van der Waals surface area (Å²) in [6.07, 6.45) is 2.84. The van der Waals surface area contributed by atoms with Gasteiger partial charge in [0.1, 0.15) is 5.82 Å². The molecule has 0 radical (unpaired) electrons. The highest BCUT2D eigenvalue weighted by Crippen LogP contribution is 2.65. The predicted molar refractivity (Wildman–Crippen MR) is 101 cm³/mol. The van der Waals surface area contributed by atoms with Crippen molar-refractivity contribution in [2.75, 3.05) is 40.3 Å². The molecule has 5 heteroatoms. The van der Waals surface area contributed by atoms with Crippen LogP contribution >= 0.6 is 0 Å². The number of nitrogens with zero attached hydrogens (tertiary/aromatic N) is 2. The number of likely N-dealkylation sites (tertiary alicyclic amines) is 1. The summed E-state index contributed by atoms with van der Waals surface area (Å²) < 4.78 is 19.3. The van der Waals surface area contributed by atoms with Gasteiger partial charge in [0.05, 0.1) is 18.1 Å². The van der Waals surface area contributed by atoms with Gasteiger partial charge in [-0.3, -0.25) is 4.79 Å². The van der Waals surface area contributed by atoms with Gasteiger partial charge in [0.15, 0.2) is 0 Å². The highest BCUT2D eigenvalue weighted by atomic mass is 19.1. The topological polar surface area (TPSA) is 32.8 Å². The molecule has 1 saturated carbocycles. The smallest absolute Gasteiger partial charge is 0.233 e. The van der Waals surface area contributed by atoms with E-state index in [-0.39, 0.29) is 23.2 Å². The van der Waals surface area contributed by atoms with Gasteiger partial charge in [-0.15, -0.1) is 0 Å². The molecular weight excluding hydrogens is 331 g/mol. The average molecular weight is 362 g/mol. The van der Waals surface area contributed by atoms with Crippen molar-refractivity contribution in [3.05, 3.63) is 35.6 Å². The van der Waals surface area contributed by atoms with Crippen LogP contribution in [0, 0.1) is 11.2 Å². The first-order valence-electron chi connectivity index (χ1n) is 9.58. The molecule has 1 atom stereocenters. The Bertz CT molecular complexity index is 636. The van der Waals surface area contributed by atoms with Crippen LogP contribution in [0.5, 0.6) is 0 Å². The van der Waals surface area contributed by atoms with Crippen molar-refractivity contribution in [3.63, 3.8) is 0 Å². The minimum absolute atomic E-state index is 0.0824. The lowest BCUT2D eigenvalue weighted by Crippen LogP contribution is -2.47. The van der Waals surface area contributed by atoms with Gasteiger partial charge < -0.3 is 14.5 Å². The molecule has 0 unspecified atom stereocenters. The van der Waals surface area contributed by atoms with Crippen molar-refractivity contribution in [2.24, 2.45) is 5.41 Å². The van der Waals surface area contributed by atoms with Gasteiger partial charge in [-0.25, -0.2) is 4.39 Å². The third-order valence-electron chi connectivity index (χ3n) is 6.06. The van der Waals surface area contributed by atoms with E-state index in [0.29, 0.717) is 0 Å². The van der Waals surface area contributed by atoms with Gasteiger partial charge in [-0.1, -0.05) is 26.0 Å². The van der Waals surface area contributed by atoms with E-state index < -0.39 is 5.41 Å². The van der Waals surface area contributed by atoms with Crippen LogP contribution in [0.2, 0.25) is 0 Å². The predicted octanol–water partition coefficient (Wildman–Crippen LogP) is 3.06. The maximum Gasteiger partial charge on any atom is 0.233 e. The Morgan fingerprint density at radius 1 is 1.23 bits per heavy atom. The second-order valence-electron chi connectivity index (χ2n) is 8.64. The normalized spacial score (nSPS) is 25.5. The van der Waals surface area contributed by atoms with E-state index in [1.165, 1.54) is 12.1 Å². The van der Waals surface area contributed by atoms with Gasteiger partial charge in [0, 0.05) is 19.6 Å². The van der Waals surface area contributed by atoms with Crippen LogP contribution in [0.4, 0.5) is 4.39 Å². The first-order valence-corrected chi connectivity index (χ1v) is 9.58. The molecule has 1 heterocycles. The number of likely N-dealkylation sites (N-methyl/N-ethyl adjacent to an activating group) is 1. The Labute approximate surface area is 156 Å². The second-order valence-corrected chi connectivity index (χ2v) is 8.64. The van der Waals surface area contributed by atoms with Crippen molar-refractivity contribution in [2.45, 2.75) is 44.6 Å². The van der Waals surface area contributed by atoms with Crippen molar-refractivity contribution >= 4 is 5.91 Å². The molecule has 26 heavy (non-hydrogen) atoms. The summed E-state index contributed by atoms with van der Waals surface area (Å²) in [6.45, 7) is 7.39. The fourth-order valence-corrected chi connectivity index (χ4v) is 4.23. The number of halogens is 1. The lowest BCUT2D eigenvalue weighted by molar-refractivity contribution is -0.137. The summed E-state index contributed by atoms with van der Waals surface area (Å²) in [6, 6.07) is 6.48. The molecule has 1 saturated heterocycles. The summed E-state index contributed by atoms with van der Waals surface area (Å²) in [5.74, 6) is -0.0636. The molecule has 0 spiro atoms. The number of hydrogen-bond acceptors (Lipinski definition) is 3. The molecule has 144 valence electrons. The molecule has 2 fully saturated rings. The summed E-state index contributed by atoms with van der Waals surface area (Å²) >= 11 is 0. The average Bonchev–Trinajstić information content (AvgIpc) is 3.19. The minimum Gasteiger partial charge on any atom is -0.377 e. The van der Waals surface area contributed by atoms with E-state index in [9.17, 15) is 9.18 Å². The Morgan fingerprint density at radius 2 is 1.81 bits per heavy atom. The maximum atomic E-state index is 13.4. The Hall–Kier alpha value is -1.46. The van der Waals surface area contributed by atoms with Crippen molar-refractivity contribution in [1.82, 2.24) is 9.80 Å². The lowest BCUT2D eigenvalue weighted by atomic mass is 9.86. The summed E-state index contributed by atoms with van der Waals surface area (Å²) in [7, 11) is 4.08. The van der Waals surface area contributed by atoms with E-state index in [0.717, 1.165) is 51.1 Å². The number of piperidine rings is 1. The number of benzene rings is 1. The monoisotopic (exact) mass is 362 g/mol. The number of ether oxygens (including phenoxy) is 1. The molecule has 2 aliphatic rings. The lowest BCUT2D eigenvalue weighted by Gasteiger charge is -2.35. The van der Waals surface area contributed by atoms with Gasteiger partial charge in [0.2, 0.25) is 5.91 Å². The molecule has 0 bridgehead atoms. The Kier molecular flexibility index (Phi) is 5.40. The van der Waals surface area contributed by atoms with E-state index >= 15 is 0 Å². The van der Waals surface area contributed by atoms with Crippen LogP contribution in [0.25, 0.3) is 0 Å². The van der Waals surface area contributed by atoms with Gasteiger partial charge in [0.25, 0.3) is 0 Å². The number of hydrogen-bond donors (Lipinski definition) is 0. The first kappa shape index (κ1) is 19.3. The van der Waals surface area contributed by atoms with Crippen molar-refractivity contribution < 1.29 is 13.9 Å². The molecule has 4 nitrogen and oxygen atoms in total. The number of carbonyl (C=O) groups is 1. The van der Waals surface area contributed by atoms with E-state index in [1.54, 1.807) is 12.1 Å². The summed E-state index contributed by atoms with van der Waals surface area (Å²) in [5, 5.41) is 0. The second kappa shape index (κ2) is 7.28. The maximum absolute atomic E-state index is 13.4. The van der Waals surface area contributed by atoms with Gasteiger partial charge in [-0.05, 0) is 56.5 Å². The molecule has 3 rings (SSSR count). The zero-order chi connectivity index (χ0) is 18.9. The van der Waals surface area contributed by atoms with Gasteiger partial charge in [-0.2, -0.15) is 0 Å². The van der Waals surface area contributed by atoms with Crippen LogP contribution in [0.3, 0.4) is 0 Å². The zero-order valence-corrected chi connectivity index (χ0v) is 16.4. The summed E-state index contributed by atoms with van der Waals surface area (Å²) in [4.78, 5) is 17.5. The molecule has 1 amide bonds. The van der Waals surface area contributed by atoms with Crippen LogP contribution in [-0.2, 0) is 14.9 Å². The fraction of sp³-hybridized carbons (Fsp3) is 0.667. The van der Waals surface area contributed by atoms with E-state index in [4.69, 9.17) is 4.74 Å². The number of rotatable bonds is 6. The molecule has 0 N–H and O–H groups in total. The van der Waals surface area contributed by atoms with Crippen LogP contribution < -0.4 is 0 Å². The molecule has 1 aliphatic carbocycles. The molecule has 1 aromatic rings. The van der Waals surface area contributed by atoms with Crippen LogP contribution in [-0.4, -0.2) is 62.1 Å². The Morgan fingerprint density at radius 3 is 2.31 bits per heavy atom. The Balaban J connectivity index is 1.63. The van der Waals surface area contributed by atoms with Crippen molar-refractivity contribution in [3.8, 4) is 0 Å². The first-order chi connectivity index (χ1) is 12.3. The third kappa shape index (κ3) is 3.65. The quantitative estimate of drug-likeness (QED) is 0.780. The largest absolute Gasteiger partial charge is 0.377 e. The highest BCUT2D eigenvalue weighted by molar-refractivity contribution is 5.93. The minimum atomic E-state index is -0.501.